The molecule has 0 saturated carbocycles. The van der Waals surface area contributed by atoms with Gasteiger partial charge in [0, 0.05) is 7.11 Å². The van der Waals surface area contributed by atoms with Crippen molar-refractivity contribution in [2.75, 3.05) is 7.11 Å². The van der Waals surface area contributed by atoms with Crippen LogP contribution >= 0.6 is 0 Å². The first-order valence-corrected chi connectivity index (χ1v) is 10.6. The molecule has 168 valence electrons. The van der Waals surface area contributed by atoms with Crippen molar-refractivity contribution >= 4 is 0 Å². The summed E-state index contributed by atoms with van der Waals surface area (Å²) in [5.74, 6) is 0. The van der Waals surface area contributed by atoms with Gasteiger partial charge in [0.05, 0.1) is 5.41 Å². The summed E-state index contributed by atoms with van der Waals surface area (Å²) in [5.41, 5.74) is 1.11. The van der Waals surface area contributed by atoms with Crippen molar-refractivity contribution in [2.45, 2.75) is 42.2 Å². The molecule has 0 aliphatic carbocycles. The average molecular weight is 437 g/mol. The summed E-state index contributed by atoms with van der Waals surface area (Å²) < 4.78 is 10.7. The number of aliphatic hydroxyl groups excluding tert-OH is 4. The van der Waals surface area contributed by atoms with E-state index >= 15 is 0 Å². The van der Waals surface area contributed by atoms with Gasteiger partial charge in [-0.2, -0.15) is 0 Å². The van der Waals surface area contributed by atoms with Crippen LogP contribution in [0.4, 0.5) is 0 Å². The summed E-state index contributed by atoms with van der Waals surface area (Å²) in [6.45, 7) is 0. The number of methoxy groups -OCH3 is 1. The lowest BCUT2D eigenvalue weighted by Gasteiger charge is -2.43. The van der Waals surface area contributed by atoms with Gasteiger partial charge in [0.15, 0.2) is 6.29 Å². The number of ether oxygens (including phenoxy) is 2. The maximum atomic E-state index is 11.8. The standard InChI is InChI=1S/C26H28O6/c1-31-25-21(28)20(27)23(32-25)22(29)24(30)26(17-11-5-2-6-12-17,18-13-7-3-8-14-18)19-15-9-4-10-16-19/h2-16,20-25,27-30H,1H3/t20-,21+,22+,23+,24?,25?/m1/s1. The molecule has 1 heterocycles. The van der Waals surface area contributed by atoms with Crippen LogP contribution in [0.1, 0.15) is 16.7 Å². The normalized spacial score (nSPS) is 25.4. The van der Waals surface area contributed by atoms with Gasteiger partial charge in [-0.05, 0) is 16.7 Å². The number of aliphatic hydroxyl groups is 4. The molecule has 1 fully saturated rings. The molecule has 0 amide bonds. The molecule has 32 heavy (non-hydrogen) atoms. The highest BCUT2D eigenvalue weighted by molar-refractivity contribution is 5.52. The summed E-state index contributed by atoms with van der Waals surface area (Å²) in [5, 5.41) is 43.9. The Morgan fingerprint density at radius 2 is 1.12 bits per heavy atom. The van der Waals surface area contributed by atoms with E-state index in [2.05, 4.69) is 0 Å². The van der Waals surface area contributed by atoms with Gasteiger partial charge in [0.25, 0.3) is 0 Å². The summed E-state index contributed by atoms with van der Waals surface area (Å²) in [4.78, 5) is 0. The number of hydrogen-bond acceptors (Lipinski definition) is 6. The Morgan fingerprint density at radius 1 is 0.719 bits per heavy atom. The van der Waals surface area contributed by atoms with E-state index in [-0.39, 0.29) is 0 Å². The molecule has 0 aromatic heterocycles. The van der Waals surface area contributed by atoms with Crippen molar-refractivity contribution in [3.63, 3.8) is 0 Å². The van der Waals surface area contributed by atoms with Gasteiger partial charge in [0.1, 0.15) is 30.5 Å². The van der Waals surface area contributed by atoms with Crippen LogP contribution in [0, 0.1) is 0 Å². The van der Waals surface area contributed by atoms with Crippen molar-refractivity contribution in [1.82, 2.24) is 0 Å². The largest absolute Gasteiger partial charge is 0.389 e. The summed E-state index contributed by atoms with van der Waals surface area (Å²) in [7, 11) is 1.34. The highest BCUT2D eigenvalue weighted by atomic mass is 16.7. The van der Waals surface area contributed by atoms with E-state index in [9.17, 15) is 20.4 Å². The highest BCUT2D eigenvalue weighted by Crippen LogP contribution is 2.44. The van der Waals surface area contributed by atoms with Crippen LogP contribution < -0.4 is 0 Å². The van der Waals surface area contributed by atoms with Crippen molar-refractivity contribution in [2.24, 2.45) is 0 Å². The molecule has 4 N–H and O–H groups in total. The van der Waals surface area contributed by atoms with Gasteiger partial charge in [-0.15, -0.1) is 0 Å². The highest BCUT2D eigenvalue weighted by Gasteiger charge is 2.54. The van der Waals surface area contributed by atoms with Crippen LogP contribution in [0.25, 0.3) is 0 Å². The monoisotopic (exact) mass is 436 g/mol. The van der Waals surface area contributed by atoms with Gasteiger partial charge in [-0.3, -0.25) is 0 Å². The van der Waals surface area contributed by atoms with Crippen molar-refractivity contribution < 1.29 is 29.9 Å². The Labute approximate surface area is 187 Å². The molecule has 0 spiro atoms. The van der Waals surface area contributed by atoms with Crippen molar-refractivity contribution in [3.8, 4) is 0 Å². The van der Waals surface area contributed by atoms with Gasteiger partial charge in [-0.25, -0.2) is 0 Å². The molecule has 4 rings (SSSR count). The molecule has 2 unspecified atom stereocenters. The molecule has 6 atom stereocenters. The van der Waals surface area contributed by atoms with E-state index < -0.39 is 42.2 Å². The van der Waals surface area contributed by atoms with E-state index in [4.69, 9.17) is 9.47 Å². The molecule has 0 radical (unpaired) electrons. The molecular weight excluding hydrogens is 408 g/mol. The second kappa shape index (κ2) is 9.50. The Hall–Kier alpha value is -2.58. The molecule has 0 bridgehead atoms. The van der Waals surface area contributed by atoms with Gasteiger partial charge < -0.3 is 29.9 Å². The maximum absolute atomic E-state index is 11.8. The molecule has 6 heteroatoms. The molecule has 1 aliphatic heterocycles. The van der Waals surface area contributed by atoms with E-state index in [1.165, 1.54) is 7.11 Å². The zero-order valence-electron chi connectivity index (χ0n) is 17.7. The lowest BCUT2D eigenvalue weighted by atomic mass is 9.64. The minimum Gasteiger partial charge on any atom is -0.389 e. The third-order valence-corrected chi connectivity index (χ3v) is 6.28. The lowest BCUT2D eigenvalue weighted by Crippen LogP contribution is -2.54. The Kier molecular flexibility index (Phi) is 6.71. The van der Waals surface area contributed by atoms with Gasteiger partial charge in [0.2, 0.25) is 0 Å². The maximum Gasteiger partial charge on any atom is 0.186 e. The van der Waals surface area contributed by atoms with E-state index in [0.717, 1.165) is 16.7 Å². The zero-order chi connectivity index (χ0) is 22.7. The van der Waals surface area contributed by atoms with Crippen LogP contribution in [0.3, 0.4) is 0 Å². The Bertz CT molecular complexity index is 884. The van der Waals surface area contributed by atoms with Gasteiger partial charge in [-0.1, -0.05) is 91.0 Å². The molecule has 3 aromatic carbocycles. The topological polar surface area (TPSA) is 99.4 Å². The first kappa shape index (κ1) is 22.6. The fourth-order valence-corrected chi connectivity index (χ4v) is 4.70. The smallest absolute Gasteiger partial charge is 0.186 e. The Balaban J connectivity index is 1.90. The van der Waals surface area contributed by atoms with E-state index in [0.29, 0.717) is 0 Å². The second-order valence-electron chi connectivity index (χ2n) is 8.03. The minimum absolute atomic E-state index is 0.764. The van der Waals surface area contributed by atoms with Gasteiger partial charge >= 0.3 is 0 Å². The predicted octanol–water partition coefficient (Wildman–Crippen LogP) is 1.84. The molecule has 1 saturated heterocycles. The van der Waals surface area contributed by atoms with Crippen molar-refractivity contribution in [1.29, 1.82) is 0 Å². The second-order valence-corrected chi connectivity index (χ2v) is 8.03. The fraction of sp³-hybridized carbons (Fsp3) is 0.308. The first-order valence-electron chi connectivity index (χ1n) is 10.6. The minimum atomic E-state index is -1.54. The molecular formula is C26H28O6. The predicted molar refractivity (Wildman–Crippen MR) is 119 cm³/mol. The first-order chi connectivity index (χ1) is 15.5. The number of hydrogen-bond donors (Lipinski definition) is 4. The summed E-state index contributed by atoms with van der Waals surface area (Å²) in [6, 6.07) is 28.3. The third-order valence-electron chi connectivity index (χ3n) is 6.28. The van der Waals surface area contributed by atoms with E-state index in [1.807, 2.05) is 91.0 Å². The SMILES string of the molecule is COC1O[C@H]([C@H](O)C(O)C(c2ccccc2)(c2ccccc2)c2ccccc2)[C@H](O)[C@@H]1O. The van der Waals surface area contributed by atoms with Crippen LogP contribution in [0.5, 0.6) is 0 Å². The summed E-state index contributed by atoms with van der Waals surface area (Å²) in [6.07, 6.45) is -8.09. The Morgan fingerprint density at radius 3 is 1.47 bits per heavy atom. The quantitative estimate of drug-likeness (QED) is 0.422. The third kappa shape index (κ3) is 3.75. The van der Waals surface area contributed by atoms with Crippen LogP contribution in [-0.4, -0.2) is 64.3 Å². The number of benzene rings is 3. The van der Waals surface area contributed by atoms with Crippen LogP contribution in [-0.2, 0) is 14.9 Å². The zero-order valence-corrected chi connectivity index (χ0v) is 17.7. The average Bonchev–Trinajstić information content (AvgIpc) is 3.14. The summed E-state index contributed by atoms with van der Waals surface area (Å²) >= 11 is 0. The van der Waals surface area contributed by atoms with Crippen molar-refractivity contribution in [3.05, 3.63) is 108 Å². The molecule has 3 aromatic rings. The van der Waals surface area contributed by atoms with E-state index in [1.54, 1.807) is 0 Å². The van der Waals surface area contributed by atoms with Crippen LogP contribution in [0.2, 0.25) is 0 Å². The van der Waals surface area contributed by atoms with Crippen LogP contribution in [0.15, 0.2) is 91.0 Å². The number of rotatable bonds is 7. The fourth-order valence-electron chi connectivity index (χ4n) is 4.70. The molecule has 6 nitrogen and oxygen atoms in total. The lowest BCUT2D eigenvalue weighted by molar-refractivity contribution is -0.177. The molecule has 1 aliphatic rings.